The molecule has 22 heavy (non-hydrogen) atoms. The van der Waals surface area contributed by atoms with E-state index in [2.05, 4.69) is 10.6 Å². The van der Waals surface area contributed by atoms with Crippen LogP contribution in [0.3, 0.4) is 0 Å². The predicted octanol–water partition coefficient (Wildman–Crippen LogP) is 0.939. The Hall–Kier alpha value is -1.79. The molecule has 0 radical (unpaired) electrons. The van der Waals surface area contributed by atoms with Gasteiger partial charge in [0.05, 0.1) is 0 Å². The van der Waals surface area contributed by atoms with E-state index < -0.39 is 6.10 Å². The Labute approximate surface area is 131 Å². The topological polar surface area (TPSA) is 79.8 Å². The van der Waals surface area contributed by atoms with E-state index in [4.69, 9.17) is 9.47 Å². The summed E-state index contributed by atoms with van der Waals surface area (Å²) in [5.74, 6) is 0.757. The first-order chi connectivity index (χ1) is 10.3. The van der Waals surface area contributed by atoms with Crippen LogP contribution in [0.5, 0.6) is 11.5 Å². The summed E-state index contributed by atoms with van der Waals surface area (Å²) >= 11 is 0. The van der Waals surface area contributed by atoms with Gasteiger partial charge < -0.3 is 25.2 Å². The lowest BCUT2D eigenvalue weighted by atomic mass is 10.1. The molecule has 1 aromatic rings. The minimum Gasteiger partial charge on any atom is -0.487 e. The number of rotatable bonds is 8. The van der Waals surface area contributed by atoms with Crippen LogP contribution in [0.1, 0.15) is 20.8 Å². The van der Waals surface area contributed by atoms with E-state index in [1.165, 1.54) is 0 Å². The number of amides is 1. The zero-order valence-corrected chi connectivity index (χ0v) is 13.7. The standard InChI is InChI=1S/C16H26N2O4/c1-16(2,3)18-9-12(19)10-21-13-7-5-6-8-14(13)22-11-15(20)17-4/h5-8,12,18-19H,9-11H2,1-4H3,(H,17,20)/t12-/m1/s1. The largest absolute Gasteiger partial charge is 0.487 e. The molecule has 0 saturated heterocycles. The first-order valence-corrected chi connectivity index (χ1v) is 7.30. The highest BCUT2D eigenvalue weighted by atomic mass is 16.5. The summed E-state index contributed by atoms with van der Waals surface area (Å²) in [6, 6.07) is 7.06. The summed E-state index contributed by atoms with van der Waals surface area (Å²) < 4.78 is 11.0. The number of ether oxygens (including phenoxy) is 2. The van der Waals surface area contributed by atoms with E-state index in [0.29, 0.717) is 18.0 Å². The Kier molecular flexibility index (Phi) is 7.14. The number of likely N-dealkylation sites (N-methyl/N-ethyl adjacent to an activating group) is 1. The number of hydrogen-bond acceptors (Lipinski definition) is 5. The monoisotopic (exact) mass is 310 g/mol. The van der Waals surface area contributed by atoms with E-state index in [1.807, 2.05) is 26.8 Å². The van der Waals surface area contributed by atoms with Gasteiger partial charge in [-0.1, -0.05) is 12.1 Å². The van der Waals surface area contributed by atoms with Crippen LogP contribution in [-0.2, 0) is 4.79 Å². The molecule has 0 aromatic heterocycles. The van der Waals surface area contributed by atoms with Crippen molar-refractivity contribution < 1.29 is 19.4 Å². The molecule has 1 atom stereocenters. The number of β-amino-alcohol motifs (C(OH)–C–C–N with tert-alkyl or cyclic N) is 1. The van der Waals surface area contributed by atoms with Crippen molar-refractivity contribution in [3.05, 3.63) is 24.3 Å². The van der Waals surface area contributed by atoms with Gasteiger partial charge in [0.15, 0.2) is 18.1 Å². The molecular formula is C16H26N2O4. The molecule has 0 aliphatic heterocycles. The van der Waals surface area contributed by atoms with Crippen molar-refractivity contribution in [1.29, 1.82) is 0 Å². The molecule has 0 aliphatic rings. The van der Waals surface area contributed by atoms with E-state index >= 15 is 0 Å². The summed E-state index contributed by atoms with van der Waals surface area (Å²) in [5, 5.41) is 15.6. The Morgan fingerprint density at radius 3 is 2.36 bits per heavy atom. The van der Waals surface area contributed by atoms with Gasteiger partial charge in [0.1, 0.15) is 12.7 Å². The first-order valence-electron chi connectivity index (χ1n) is 7.30. The second-order valence-corrected chi connectivity index (χ2v) is 6.00. The number of benzene rings is 1. The van der Waals surface area contributed by atoms with Crippen LogP contribution in [0.4, 0.5) is 0 Å². The van der Waals surface area contributed by atoms with Gasteiger partial charge in [-0.15, -0.1) is 0 Å². The number of carbonyl (C=O) groups excluding carboxylic acids is 1. The number of hydrogen-bond donors (Lipinski definition) is 3. The van der Waals surface area contributed by atoms with Crippen LogP contribution in [0.2, 0.25) is 0 Å². The van der Waals surface area contributed by atoms with Gasteiger partial charge in [-0.25, -0.2) is 0 Å². The molecule has 1 amide bonds. The average molecular weight is 310 g/mol. The third kappa shape index (κ3) is 7.28. The molecular weight excluding hydrogens is 284 g/mol. The summed E-state index contributed by atoms with van der Waals surface area (Å²) in [5.41, 5.74) is -0.0600. The van der Waals surface area contributed by atoms with Gasteiger partial charge >= 0.3 is 0 Å². The van der Waals surface area contributed by atoms with Gasteiger partial charge in [-0.2, -0.15) is 0 Å². The Balaban J connectivity index is 2.49. The lowest BCUT2D eigenvalue weighted by Crippen LogP contribution is -2.42. The van der Waals surface area contributed by atoms with E-state index in [0.717, 1.165) is 0 Å². The van der Waals surface area contributed by atoms with Crippen LogP contribution in [0.25, 0.3) is 0 Å². The maximum Gasteiger partial charge on any atom is 0.257 e. The SMILES string of the molecule is CNC(=O)COc1ccccc1OC[C@H](O)CNC(C)(C)C. The van der Waals surface area contributed by atoms with Crippen LogP contribution in [0, 0.1) is 0 Å². The zero-order chi connectivity index (χ0) is 16.6. The number of aliphatic hydroxyl groups is 1. The fourth-order valence-electron chi connectivity index (χ4n) is 1.57. The molecule has 1 aromatic carbocycles. The molecule has 3 N–H and O–H groups in total. The smallest absolute Gasteiger partial charge is 0.257 e. The Morgan fingerprint density at radius 1 is 1.23 bits per heavy atom. The Bertz CT molecular complexity index is 471. The fourth-order valence-corrected chi connectivity index (χ4v) is 1.57. The van der Waals surface area contributed by atoms with E-state index in [-0.39, 0.29) is 24.7 Å². The molecule has 0 fully saturated rings. The lowest BCUT2D eigenvalue weighted by Gasteiger charge is -2.23. The van der Waals surface area contributed by atoms with Crippen LogP contribution in [0.15, 0.2) is 24.3 Å². The molecule has 0 aliphatic carbocycles. The summed E-state index contributed by atoms with van der Waals surface area (Å²) in [6.07, 6.45) is -0.633. The molecule has 124 valence electrons. The normalized spacial score (nSPS) is 12.6. The predicted molar refractivity (Wildman–Crippen MR) is 85.3 cm³/mol. The van der Waals surface area contributed by atoms with Gasteiger partial charge in [0.2, 0.25) is 0 Å². The van der Waals surface area contributed by atoms with E-state index in [9.17, 15) is 9.90 Å². The highest BCUT2D eigenvalue weighted by Gasteiger charge is 2.14. The quantitative estimate of drug-likeness (QED) is 0.666. The second-order valence-electron chi connectivity index (χ2n) is 6.00. The summed E-state index contributed by atoms with van der Waals surface area (Å²) in [7, 11) is 1.55. The Morgan fingerprint density at radius 2 is 1.82 bits per heavy atom. The highest BCUT2D eigenvalue weighted by molar-refractivity contribution is 5.77. The van der Waals surface area contributed by atoms with Crippen molar-refractivity contribution in [2.24, 2.45) is 0 Å². The number of para-hydroxylation sites is 2. The molecule has 0 heterocycles. The van der Waals surface area contributed by atoms with Crippen molar-refractivity contribution >= 4 is 5.91 Å². The van der Waals surface area contributed by atoms with Crippen molar-refractivity contribution in [3.8, 4) is 11.5 Å². The summed E-state index contributed by atoms with van der Waals surface area (Å²) in [4.78, 5) is 11.2. The maximum absolute atomic E-state index is 11.2. The van der Waals surface area contributed by atoms with Crippen LogP contribution >= 0.6 is 0 Å². The van der Waals surface area contributed by atoms with Crippen LogP contribution < -0.4 is 20.1 Å². The summed E-state index contributed by atoms with van der Waals surface area (Å²) in [6.45, 7) is 6.59. The first kappa shape index (κ1) is 18.3. The van der Waals surface area contributed by atoms with Crippen molar-refractivity contribution in [1.82, 2.24) is 10.6 Å². The number of carbonyl (C=O) groups is 1. The average Bonchev–Trinajstić information content (AvgIpc) is 2.48. The molecule has 6 heteroatoms. The third-order valence-corrected chi connectivity index (χ3v) is 2.79. The fraction of sp³-hybridized carbons (Fsp3) is 0.562. The van der Waals surface area contributed by atoms with Crippen molar-refractivity contribution in [3.63, 3.8) is 0 Å². The van der Waals surface area contributed by atoms with Gasteiger partial charge in [-0.05, 0) is 32.9 Å². The minimum absolute atomic E-state index is 0.0600. The zero-order valence-electron chi connectivity index (χ0n) is 13.7. The second kappa shape index (κ2) is 8.60. The molecule has 0 bridgehead atoms. The number of nitrogens with one attached hydrogen (secondary N) is 2. The van der Waals surface area contributed by atoms with Gasteiger partial charge in [0, 0.05) is 19.1 Å². The number of aliphatic hydroxyl groups excluding tert-OH is 1. The maximum atomic E-state index is 11.2. The third-order valence-electron chi connectivity index (χ3n) is 2.79. The molecule has 6 nitrogen and oxygen atoms in total. The van der Waals surface area contributed by atoms with E-state index in [1.54, 1.807) is 25.2 Å². The van der Waals surface area contributed by atoms with Crippen LogP contribution in [-0.4, -0.2) is 49.5 Å². The molecule has 0 spiro atoms. The minimum atomic E-state index is -0.633. The van der Waals surface area contributed by atoms with Gasteiger partial charge in [0.25, 0.3) is 5.91 Å². The molecule has 1 rings (SSSR count). The molecule has 0 saturated carbocycles. The van der Waals surface area contributed by atoms with Crippen molar-refractivity contribution in [2.45, 2.75) is 32.4 Å². The van der Waals surface area contributed by atoms with Gasteiger partial charge in [-0.3, -0.25) is 4.79 Å². The lowest BCUT2D eigenvalue weighted by molar-refractivity contribution is -0.122. The highest BCUT2D eigenvalue weighted by Crippen LogP contribution is 2.26. The molecule has 0 unspecified atom stereocenters. The van der Waals surface area contributed by atoms with Crippen molar-refractivity contribution in [2.75, 3.05) is 26.8 Å².